The molecule has 0 saturated carbocycles. The largest absolute Gasteiger partial charge is 0.296 e. The van der Waals surface area contributed by atoms with Crippen molar-refractivity contribution >= 4 is 22.2 Å². The Morgan fingerprint density at radius 2 is 2.29 bits per heavy atom. The number of carbonyl (C=O) groups is 1. The highest BCUT2D eigenvalue weighted by molar-refractivity contribution is 9.10. The van der Waals surface area contributed by atoms with Gasteiger partial charge in [0.15, 0.2) is 6.29 Å². The van der Waals surface area contributed by atoms with Crippen molar-refractivity contribution in [1.29, 1.82) is 5.26 Å². The molecule has 0 aliphatic heterocycles. The number of pyridine rings is 1. The molecule has 6 heteroatoms. The van der Waals surface area contributed by atoms with E-state index in [9.17, 15) is 13.6 Å². The van der Waals surface area contributed by atoms with Gasteiger partial charge in [0.1, 0.15) is 17.5 Å². The van der Waals surface area contributed by atoms with Crippen molar-refractivity contribution in [1.82, 2.24) is 4.98 Å². The summed E-state index contributed by atoms with van der Waals surface area (Å²) in [6, 6.07) is 2.72. The van der Waals surface area contributed by atoms with Crippen molar-refractivity contribution in [3.05, 3.63) is 27.5 Å². The Balaban J connectivity index is 3.40. The van der Waals surface area contributed by atoms with Crippen LogP contribution in [0.3, 0.4) is 0 Å². The summed E-state index contributed by atoms with van der Waals surface area (Å²) in [6.07, 6.45) is -2.49. The summed E-state index contributed by atoms with van der Waals surface area (Å²) in [5.74, 6) is 0. The lowest BCUT2D eigenvalue weighted by Gasteiger charge is -2.03. The van der Waals surface area contributed by atoms with Gasteiger partial charge in [-0.15, -0.1) is 0 Å². The van der Waals surface area contributed by atoms with Crippen LogP contribution in [0.1, 0.15) is 28.2 Å². The van der Waals surface area contributed by atoms with Crippen LogP contribution >= 0.6 is 15.9 Å². The lowest BCUT2D eigenvalue weighted by atomic mass is 10.2. The van der Waals surface area contributed by atoms with Gasteiger partial charge < -0.3 is 0 Å². The molecule has 0 bridgehead atoms. The number of nitriles is 1. The molecule has 1 aromatic rings. The van der Waals surface area contributed by atoms with E-state index in [4.69, 9.17) is 5.26 Å². The van der Waals surface area contributed by atoms with Crippen LogP contribution < -0.4 is 0 Å². The van der Waals surface area contributed by atoms with E-state index in [1.807, 2.05) is 0 Å². The van der Waals surface area contributed by atoms with E-state index in [0.29, 0.717) is 0 Å². The number of alkyl halides is 2. The average molecular weight is 261 g/mol. The summed E-state index contributed by atoms with van der Waals surface area (Å²) in [5.41, 5.74) is -0.848. The van der Waals surface area contributed by atoms with E-state index >= 15 is 0 Å². The molecular formula is C8H3BrF2N2O. The minimum Gasteiger partial charge on any atom is -0.296 e. The SMILES string of the molecule is N#Cc1c(Br)cc(C(F)F)nc1C=O. The van der Waals surface area contributed by atoms with Crippen molar-refractivity contribution < 1.29 is 13.6 Å². The monoisotopic (exact) mass is 260 g/mol. The number of hydrogen-bond acceptors (Lipinski definition) is 3. The number of carbonyl (C=O) groups excluding carboxylic acids is 1. The fourth-order valence-electron chi connectivity index (χ4n) is 0.859. The van der Waals surface area contributed by atoms with Crippen molar-refractivity contribution in [2.45, 2.75) is 6.43 Å². The molecule has 0 aromatic carbocycles. The molecule has 3 nitrogen and oxygen atoms in total. The molecule has 0 amide bonds. The fraction of sp³-hybridized carbons (Fsp3) is 0.125. The first-order valence-corrected chi connectivity index (χ1v) is 4.23. The van der Waals surface area contributed by atoms with Crippen LogP contribution in [0.2, 0.25) is 0 Å². The topological polar surface area (TPSA) is 53.8 Å². The predicted octanol–water partition coefficient (Wildman–Crippen LogP) is 2.47. The lowest BCUT2D eigenvalue weighted by molar-refractivity contribution is 0.111. The molecule has 0 spiro atoms. The van der Waals surface area contributed by atoms with Crippen LogP contribution in [0.5, 0.6) is 0 Å². The maximum atomic E-state index is 12.2. The molecule has 0 N–H and O–H groups in total. The number of hydrogen-bond donors (Lipinski definition) is 0. The van der Waals surface area contributed by atoms with Gasteiger partial charge in [-0.05, 0) is 22.0 Å². The molecule has 0 radical (unpaired) electrons. The molecule has 0 atom stereocenters. The lowest BCUT2D eigenvalue weighted by Crippen LogP contribution is -1.99. The summed E-state index contributed by atoms with van der Waals surface area (Å²) in [6.45, 7) is 0. The highest BCUT2D eigenvalue weighted by Crippen LogP contribution is 2.24. The van der Waals surface area contributed by atoms with Crippen LogP contribution in [0.25, 0.3) is 0 Å². The molecule has 0 aliphatic carbocycles. The zero-order valence-electron chi connectivity index (χ0n) is 6.67. The minimum absolute atomic E-state index is 0.0376. The molecule has 0 fully saturated rings. The molecule has 0 saturated heterocycles. The van der Waals surface area contributed by atoms with E-state index in [2.05, 4.69) is 20.9 Å². The number of rotatable bonds is 2. The zero-order chi connectivity index (χ0) is 10.7. The number of nitrogens with zero attached hydrogens (tertiary/aromatic N) is 2. The third-order valence-corrected chi connectivity index (χ3v) is 2.09. The maximum absolute atomic E-state index is 12.2. The van der Waals surface area contributed by atoms with Gasteiger partial charge in [-0.2, -0.15) is 5.26 Å². The summed E-state index contributed by atoms with van der Waals surface area (Å²) < 4.78 is 24.6. The predicted molar refractivity (Wildman–Crippen MR) is 47.0 cm³/mol. The molecule has 0 unspecified atom stereocenters. The highest BCUT2D eigenvalue weighted by Gasteiger charge is 2.15. The van der Waals surface area contributed by atoms with E-state index < -0.39 is 12.1 Å². The van der Waals surface area contributed by atoms with Crippen molar-refractivity contribution in [3.8, 4) is 6.07 Å². The van der Waals surface area contributed by atoms with E-state index in [0.717, 1.165) is 6.07 Å². The van der Waals surface area contributed by atoms with Crippen molar-refractivity contribution in [2.75, 3.05) is 0 Å². The van der Waals surface area contributed by atoms with E-state index in [1.54, 1.807) is 6.07 Å². The van der Waals surface area contributed by atoms with Gasteiger partial charge >= 0.3 is 0 Å². The van der Waals surface area contributed by atoms with Gasteiger partial charge in [0.05, 0.1) is 5.56 Å². The molecular weight excluding hydrogens is 258 g/mol. The van der Waals surface area contributed by atoms with Crippen LogP contribution in [0.4, 0.5) is 8.78 Å². The van der Waals surface area contributed by atoms with Crippen LogP contribution in [-0.4, -0.2) is 11.3 Å². The molecule has 1 heterocycles. The third kappa shape index (κ3) is 1.93. The third-order valence-electron chi connectivity index (χ3n) is 1.47. The molecule has 0 aliphatic rings. The Kier molecular flexibility index (Phi) is 3.25. The molecule has 72 valence electrons. The van der Waals surface area contributed by atoms with Gasteiger partial charge in [0.25, 0.3) is 6.43 Å². The first kappa shape index (κ1) is 10.7. The Morgan fingerprint density at radius 3 is 2.71 bits per heavy atom. The Labute approximate surface area is 86.5 Å². The van der Waals surface area contributed by atoms with Gasteiger partial charge in [0.2, 0.25) is 0 Å². The smallest absolute Gasteiger partial charge is 0.280 e. The summed E-state index contributed by atoms with van der Waals surface area (Å²) in [5, 5.41) is 8.59. The van der Waals surface area contributed by atoms with E-state index in [1.165, 1.54) is 0 Å². The standard InChI is InChI=1S/C8H3BrF2N2O/c9-5-1-6(8(10)11)13-7(3-14)4(5)2-12/h1,3,8H. The first-order valence-electron chi connectivity index (χ1n) is 3.44. The molecule has 1 aromatic heterocycles. The molecule has 14 heavy (non-hydrogen) atoms. The van der Waals surface area contributed by atoms with Gasteiger partial charge in [0, 0.05) is 4.47 Å². The zero-order valence-corrected chi connectivity index (χ0v) is 8.25. The number of aromatic nitrogens is 1. The molecule has 1 rings (SSSR count). The Hall–Kier alpha value is -1.35. The Morgan fingerprint density at radius 1 is 1.64 bits per heavy atom. The summed E-state index contributed by atoms with van der Waals surface area (Å²) in [7, 11) is 0. The number of aldehydes is 1. The van der Waals surface area contributed by atoms with Gasteiger partial charge in [-0.1, -0.05) is 0 Å². The van der Waals surface area contributed by atoms with E-state index in [-0.39, 0.29) is 22.0 Å². The minimum atomic E-state index is -2.77. The second kappa shape index (κ2) is 4.24. The van der Waals surface area contributed by atoms with Gasteiger partial charge in [-0.3, -0.25) is 4.79 Å². The van der Waals surface area contributed by atoms with Crippen LogP contribution in [-0.2, 0) is 0 Å². The fourth-order valence-corrected chi connectivity index (χ4v) is 1.39. The van der Waals surface area contributed by atoms with Crippen LogP contribution in [0, 0.1) is 11.3 Å². The first-order chi connectivity index (χ1) is 6.60. The van der Waals surface area contributed by atoms with Gasteiger partial charge in [-0.25, -0.2) is 13.8 Å². The second-order valence-corrected chi connectivity index (χ2v) is 3.17. The number of halogens is 3. The quantitative estimate of drug-likeness (QED) is 0.768. The second-order valence-electron chi connectivity index (χ2n) is 2.32. The average Bonchev–Trinajstić information content (AvgIpc) is 2.16. The summed E-state index contributed by atoms with van der Waals surface area (Å²) >= 11 is 2.91. The maximum Gasteiger partial charge on any atom is 0.280 e. The van der Waals surface area contributed by atoms with Crippen molar-refractivity contribution in [2.24, 2.45) is 0 Å². The van der Waals surface area contributed by atoms with Crippen molar-refractivity contribution in [3.63, 3.8) is 0 Å². The normalized spacial score (nSPS) is 9.93. The Bertz CT molecular complexity index is 415. The highest BCUT2D eigenvalue weighted by atomic mass is 79.9. The van der Waals surface area contributed by atoms with Crippen LogP contribution in [0.15, 0.2) is 10.5 Å². The summed E-state index contributed by atoms with van der Waals surface area (Å²) in [4.78, 5) is 13.8.